The third-order valence-electron chi connectivity index (χ3n) is 3.84. The van der Waals surface area contributed by atoms with Crippen molar-refractivity contribution < 1.29 is 5.21 Å². The molecule has 2 aromatic rings. The molecule has 3 rings (SSSR count). The van der Waals surface area contributed by atoms with Gasteiger partial charge in [-0.3, -0.25) is 0 Å². The van der Waals surface area contributed by atoms with E-state index in [-0.39, 0.29) is 5.84 Å². The number of benzene rings is 1. The van der Waals surface area contributed by atoms with E-state index in [1.165, 1.54) is 5.56 Å². The number of aromatic nitrogens is 2. The Morgan fingerprint density at radius 2 is 2.10 bits per heavy atom. The summed E-state index contributed by atoms with van der Waals surface area (Å²) < 4.78 is 0. The molecule has 108 valence electrons. The van der Waals surface area contributed by atoms with E-state index < -0.39 is 0 Å². The minimum atomic E-state index is 0.0584. The van der Waals surface area contributed by atoms with Crippen LogP contribution in [0.25, 0.3) is 0 Å². The maximum atomic E-state index is 8.88. The average Bonchev–Trinajstić information content (AvgIpc) is 3.05. The SMILES string of the molecule is N/C(=N/O)c1ccnnc1N1CCC(c2ccccc2)C1. The molecule has 1 fully saturated rings. The van der Waals surface area contributed by atoms with Crippen LogP contribution < -0.4 is 10.6 Å². The third-order valence-corrected chi connectivity index (χ3v) is 3.84. The number of oxime groups is 1. The highest BCUT2D eigenvalue weighted by Crippen LogP contribution is 2.30. The van der Waals surface area contributed by atoms with E-state index >= 15 is 0 Å². The van der Waals surface area contributed by atoms with Gasteiger partial charge in [0.25, 0.3) is 0 Å². The molecule has 21 heavy (non-hydrogen) atoms. The molecule has 1 saturated heterocycles. The van der Waals surface area contributed by atoms with E-state index in [9.17, 15) is 0 Å². The molecular formula is C15H17N5O. The van der Waals surface area contributed by atoms with Gasteiger partial charge in [-0.15, -0.1) is 5.10 Å². The lowest BCUT2D eigenvalue weighted by atomic mass is 9.99. The Kier molecular flexibility index (Phi) is 3.68. The maximum Gasteiger partial charge on any atom is 0.173 e. The fourth-order valence-corrected chi connectivity index (χ4v) is 2.76. The summed E-state index contributed by atoms with van der Waals surface area (Å²) in [5.41, 5.74) is 7.65. The van der Waals surface area contributed by atoms with Crippen LogP contribution in [-0.4, -0.2) is 34.3 Å². The molecule has 6 heteroatoms. The molecule has 0 bridgehead atoms. The summed E-state index contributed by atoms with van der Waals surface area (Å²) in [4.78, 5) is 2.14. The molecule has 0 aliphatic carbocycles. The first-order chi connectivity index (χ1) is 10.3. The fraction of sp³-hybridized carbons (Fsp3) is 0.267. The summed E-state index contributed by atoms with van der Waals surface area (Å²) >= 11 is 0. The number of amidine groups is 1. The van der Waals surface area contributed by atoms with Crippen LogP contribution in [-0.2, 0) is 0 Å². The number of nitrogens with zero attached hydrogens (tertiary/aromatic N) is 4. The van der Waals surface area contributed by atoms with Crippen LogP contribution in [0.4, 0.5) is 5.82 Å². The Bertz CT molecular complexity index is 644. The van der Waals surface area contributed by atoms with Gasteiger partial charge in [0.05, 0.1) is 11.8 Å². The van der Waals surface area contributed by atoms with Gasteiger partial charge in [-0.1, -0.05) is 35.5 Å². The molecule has 1 aliphatic heterocycles. The van der Waals surface area contributed by atoms with Crippen molar-refractivity contribution in [2.45, 2.75) is 12.3 Å². The maximum absolute atomic E-state index is 8.88. The molecule has 0 spiro atoms. The van der Waals surface area contributed by atoms with Crippen LogP contribution in [0.1, 0.15) is 23.5 Å². The zero-order valence-corrected chi connectivity index (χ0v) is 11.6. The van der Waals surface area contributed by atoms with Gasteiger partial charge in [0.15, 0.2) is 11.7 Å². The minimum absolute atomic E-state index is 0.0584. The monoisotopic (exact) mass is 283 g/mol. The van der Waals surface area contributed by atoms with Crippen LogP contribution >= 0.6 is 0 Å². The van der Waals surface area contributed by atoms with E-state index in [1.54, 1.807) is 12.3 Å². The molecule has 0 amide bonds. The molecule has 6 nitrogen and oxygen atoms in total. The summed E-state index contributed by atoms with van der Waals surface area (Å²) in [5.74, 6) is 1.20. The summed E-state index contributed by atoms with van der Waals surface area (Å²) in [5, 5.41) is 20.0. The van der Waals surface area contributed by atoms with Crippen molar-refractivity contribution in [1.29, 1.82) is 0 Å². The van der Waals surface area contributed by atoms with Crippen molar-refractivity contribution in [3.63, 3.8) is 0 Å². The van der Waals surface area contributed by atoms with E-state index in [0.29, 0.717) is 17.3 Å². The zero-order chi connectivity index (χ0) is 14.7. The summed E-state index contributed by atoms with van der Waals surface area (Å²) in [7, 11) is 0. The van der Waals surface area contributed by atoms with Gasteiger partial charge in [-0.25, -0.2) is 0 Å². The predicted octanol–water partition coefficient (Wildman–Crippen LogP) is 1.56. The molecular weight excluding hydrogens is 266 g/mol. The van der Waals surface area contributed by atoms with Gasteiger partial charge in [0.2, 0.25) is 0 Å². The number of hydrogen-bond acceptors (Lipinski definition) is 5. The quantitative estimate of drug-likeness (QED) is 0.386. The van der Waals surface area contributed by atoms with Crippen molar-refractivity contribution in [2.24, 2.45) is 10.9 Å². The standard InChI is InChI=1S/C15H17N5O/c16-14(19-21)13-6-8-17-18-15(13)20-9-7-12(10-20)11-4-2-1-3-5-11/h1-6,8,12,21H,7,9-10H2,(H2,16,19). The Hall–Kier alpha value is -2.63. The van der Waals surface area contributed by atoms with Gasteiger partial charge in [0.1, 0.15) is 0 Å². The summed E-state index contributed by atoms with van der Waals surface area (Å²) in [6.45, 7) is 1.73. The van der Waals surface area contributed by atoms with Gasteiger partial charge < -0.3 is 15.8 Å². The summed E-state index contributed by atoms with van der Waals surface area (Å²) in [6.07, 6.45) is 2.60. The Labute approximate surface area is 122 Å². The average molecular weight is 283 g/mol. The molecule has 1 aliphatic rings. The Morgan fingerprint density at radius 3 is 2.86 bits per heavy atom. The molecule has 0 saturated carbocycles. The van der Waals surface area contributed by atoms with Crippen LogP contribution in [0.3, 0.4) is 0 Å². The molecule has 1 aromatic carbocycles. The highest BCUT2D eigenvalue weighted by molar-refractivity contribution is 6.01. The number of hydrogen-bond donors (Lipinski definition) is 2. The number of anilines is 1. The summed E-state index contributed by atoms with van der Waals surface area (Å²) in [6, 6.07) is 12.2. The fourth-order valence-electron chi connectivity index (χ4n) is 2.76. The second kappa shape index (κ2) is 5.78. The molecule has 1 atom stereocenters. The van der Waals surface area contributed by atoms with E-state index in [2.05, 4.69) is 44.5 Å². The first kappa shape index (κ1) is 13.4. The van der Waals surface area contributed by atoms with Gasteiger partial charge in [-0.2, -0.15) is 5.10 Å². The van der Waals surface area contributed by atoms with Gasteiger partial charge in [-0.05, 0) is 18.1 Å². The predicted molar refractivity (Wildman–Crippen MR) is 80.6 cm³/mol. The second-order valence-corrected chi connectivity index (χ2v) is 5.10. The second-order valence-electron chi connectivity index (χ2n) is 5.10. The van der Waals surface area contributed by atoms with E-state index in [1.807, 2.05) is 6.07 Å². The Balaban J connectivity index is 1.84. The molecule has 1 aromatic heterocycles. The van der Waals surface area contributed by atoms with Gasteiger partial charge in [0, 0.05) is 19.0 Å². The minimum Gasteiger partial charge on any atom is -0.409 e. The highest BCUT2D eigenvalue weighted by Gasteiger charge is 2.27. The molecule has 3 N–H and O–H groups in total. The van der Waals surface area contributed by atoms with Crippen molar-refractivity contribution in [3.05, 3.63) is 53.7 Å². The normalized spacial score (nSPS) is 19.0. The third kappa shape index (κ3) is 2.65. The van der Waals surface area contributed by atoms with E-state index in [0.717, 1.165) is 19.5 Å². The largest absolute Gasteiger partial charge is 0.409 e. The lowest BCUT2D eigenvalue weighted by Gasteiger charge is -2.19. The smallest absolute Gasteiger partial charge is 0.173 e. The van der Waals surface area contributed by atoms with E-state index in [4.69, 9.17) is 10.9 Å². The zero-order valence-electron chi connectivity index (χ0n) is 11.6. The molecule has 1 unspecified atom stereocenters. The number of nitrogens with two attached hydrogens (primary N) is 1. The molecule has 2 heterocycles. The van der Waals surface area contributed by atoms with Crippen LogP contribution in [0.5, 0.6) is 0 Å². The highest BCUT2D eigenvalue weighted by atomic mass is 16.4. The lowest BCUT2D eigenvalue weighted by Crippen LogP contribution is -2.26. The van der Waals surface area contributed by atoms with Crippen LogP contribution in [0, 0.1) is 0 Å². The van der Waals surface area contributed by atoms with Crippen molar-refractivity contribution >= 4 is 11.7 Å². The van der Waals surface area contributed by atoms with Crippen LogP contribution in [0.15, 0.2) is 47.8 Å². The van der Waals surface area contributed by atoms with Crippen molar-refractivity contribution in [3.8, 4) is 0 Å². The first-order valence-electron chi connectivity index (χ1n) is 6.89. The lowest BCUT2D eigenvalue weighted by molar-refractivity contribution is 0.318. The van der Waals surface area contributed by atoms with Gasteiger partial charge >= 0.3 is 0 Å². The topological polar surface area (TPSA) is 87.6 Å². The first-order valence-corrected chi connectivity index (χ1v) is 6.89. The number of rotatable bonds is 3. The van der Waals surface area contributed by atoms with Crippen LogP contribution in [0.2, 0.25) is 0 Å². The van der Waals surface area contributed by atoms with Crippen molar-refractivity contribution in [1.82, 2.24) is 10.2 Å². The van der Waals surface area contributed by atoms with Crippen molar-refractivity contribution in [2.75, 3.05) is 18.0 Å². The Morgan fingerprint density at radius 1 is 1.29 bits per heavy atom. The molecule has 0 radical (unpaired) electrons.